The number of fused-ring (bicyclic) bond motifs is 1. The zero-order valence-corrected chi connectivity index (χ0v) is 15.1. The van der Waals surface area contributed by atoms with Gasteiger partial charge >= 0.3 is 0 Å². The van der Waals surface area contributed by atoms with Crippen molar-refractivity contribution < 1.29 is 4.74 Å². The van der Waals surface area contributed by atoms with Gasteiger partial charge in [0.05, 0.1) is 33.0 Å². The molecule has 0 aliphatic heterocycles. The second kappa shape index (κ2) is 6.68. The summed E-state index contributed by atoms with van der Waals surface area (Å²) in [5.41, 5.74) is 3.78. The molecule has 3 rings (SSSR count). The highest BCUT2D eigenvalue weighted by Crippen LogP contribution is 2.19. The molecule has 0 unspecified atom stereocenters. The predicted molar refractivity (Wildman–Crippen MR) is 98.9 cm³/mol. The van der Waals surface area contributed by atoms with Crippen LogP contribution in [0.1, 0.15) is 11.1 Å². The van der Waals surface area contributed by atoms with E-state index in [0.717, 1.165) is 18.5 Å². The lowest BCUT2D eigenvalue weighted by Crippen LogP contribution is -2.41. The van der Waals surface area contributed by atoms with E-state index >= 15 is 0 Å². The first-order valence-corrected chi connectivity index (χ1v) is 11.6. The van der Waals surface area contributed by atoms with Crippen molar-refractivity contribution in [2.75, 3.05) is 6.61 Å². The van der Waals surface area contributed by atoms with Crippen LogP contribution in [0.5, 0.6) is 0 Å². The van der Waals surface area contributed by atoms with E-state index in [9.17, 15) is 0 Å². The van der Waals surface area contributed by atoms with Crippen molar-refractivity contribution in [2.24, 2.45) is 0 Å². The number of hydrogen-bond acceptors (Lipinski definition) is 2. The molecular formula is C19H24N2OSi. The molecule has 0 radical (unpaired) electrons. The molecule has 3 aromatic rings. The summed E-state index contributed by atoms with van der Waals surface area (Å²) in [5.74, 6) is 0. The average molecular weight is 324 g/mol. The van der Waals surface area contributed by atoms with Gasteiger partial charge in [0.15, 0.2) is 0 Å². The summed E-state index contributed by atoms with van der Waals surface area (Å²) >= 11 is 0. The molecule has 0 amide bonds. The zero-order chi connectivity index (χ0) is 16.3. The van der Waals surface area contributed by atoms with Crippen LogP contribution in [0.15, 0.2) is 48.8 Å². The van der Waals surface area contributed by atoms with Crippen LogP contribution in [0, 0.1) is 0 Å². The van der Waals surface area contributed by atoms with Crippen LogP contribution >= 0.6 is 0 Å². The quantitative estimate of drug-likeness (QED) is 0.552. The molecule has 0 aliphatic rings. The number of aromatic amines is 1. The lowest BCUT2D eigenvalue weighted by atomic mass is 10.1. The van der Waals surface area contributed by atoms with Gasteiger partial charge in [-0.15, -0.1) is 0 Å². The van der Waals surface area contributed by atoms with Gasteiger partial charge in [-0.25, -0.2) is 0 Å². The second-order valence-corrected chi connectivity index (χ2v) is 11.9. The van der Waals surface area contributed by atoms with E-state index < -0.39 is 8.07 Å². The first kappa shape index (κ1) is 16.0. The van der Waals surface area contributed by atoms with Crippen molar-refractivity contribution in [2.45, 2.75) is 32.7 Å². The number of pyridine rings is 1. The highest BCUT2D eigenvalue weighted by molar-refractivity contribution is 6.88. The molecule has 120 valence electrons. The van der Waals surface area contributed by atoms with Gasteiger partial charge in [-0.3, -0.25) is 4.98 Å². The zero-order valence-electron chi connectivity index (χ0n) is 14.1. The third-order valence-corrected chi connectivity index (χ3v) is 5.99. The minimum absolute atomic E-state index is 0.674. The van der Waals surface area contributed by atoms with Crippen molar-refractivity contribution in [1.29, 1.82) is 0 Å². The molecular weight excluding hydrogens is 300 g/mol. The van der Waals surface area contributed by atoms with E-state index in [2.05, 4.69) is 59.9 Å². The van der Waals surface area contributed by atoms with Crippen molar-refractivity contribution >= 4 is 24.3 Å². The molecule has 2 heterocycles. The number of aromatic nitrogens is 2. The topological polar surface area (TPSA) is 37.9 Å². The normalized spacial score (nSPS) is 12.0. The Labute approximate surface area is 138 Å². The first-order chi connectivity index (χ1) is 11.1. The van der Waals surface area contributed by atoms with Crippen molar-refractivity contribution in [1.82, 2.24) is 9.97 Å². The summed E-state index contributed by atoms with van der Waals surface area (Å²) in [6.45, 7) is 8.53. The van der Waals surface area contributed by atoms with Crippen LogP contribution in [0.3, 0.4) is 0 Å². The lowest BCUT2D eigenvalue weighted by Gasteiger charge is -2.17. The number of H-pyrrole nitrogens is 1. The fourth-order valence-corrected chi connectivity index (χ4v) is 4.61. The Balaban J connectivity index is 1.74. The molecule has 23 heavy (non-hydrogen) atoms. The minimum atomic E-state index is -1.42. The Kier molecular flexibility index (Phi) is 4.64. The van der Waals surface area contributed by atoms with E-state index in [-0.39, 0.29) is 0 Å². The number of ether oxygens (including phenoxy) is 1. The van der Waals surface area contributed by atoms with Gasteiger partial charge in [0.1, 0.15) is 0 Å². The fraction of sp³-hybridized carbons (Fsp3) is 0.316. The molecule has 1 aromatic carbocycles. The van der Waals surface area contributed by atoms with Gasteiger partial charge in [-0.05, 0) is 23.6 Å². The number of hydrogen-bond donors (Lipinski definition) is 1. The van der Waals surface area contributed by atoms with Crippen molar-refractivity contribution in [3.8, 4) is 0 Å². The predicted octanol–water partition coefficient (Wildman–Crippen LogP) is 3.87. The van der Waals surface area contributed by atoms with E-state index in [1.54, 1.807) is 0 Å². The maximum Gasteiger partial charge on any atom is 0.0985 e. The summed E-state index contributed by atoms with van der Waals surface area (Å²) in [6.07, 6.45) is 4.74. The molecule has 0 bridgehead atoms. The summed E-state index contributed by atoms with van der Waals surface area (Å²) in [4.78, 5) is 7.84. The molecule has 4 heteroatoms. The van der Waals surface area contributed by atoms with E-state index in [4.69, 9.17) is 4.74 Å². The molecule has 3 nitrogen and oxygen atoms in total. The molecule has 0 aliphatic carbocycles. The van der Waals surface area contributed by atoms with Crippen molar-refractivity contribution in [3.63, 3.8) is 0 Å². The Morgan fingerprint density at radius 3 is 2.61 bits per heavy atom. The van der Waals surface area contributed by atoms with Gasteiger partial charge in [0, 0.05) is 16.9 Å². The molecule has 0 saturated heterocycles. The summed E-state index contributed by atoms with van der Waals surface area (Å²) in [7, 11) is -1.42. The highest BCUT2D eigenvalue weighted by atomic mass is 28.3. The average Bonchev–Trinajstić information content (AvgIpc) is 2.92. The third-order valence-electron chi connectivity index (χ3n) is 4.07. The number of nitrogens with one attached hydrogen (secondary N) is 1. The molecule has 0 spiro atoms. The second-order valence-electron chi connectivity index (χ2n) is 6.94. The van der Waals surface area contributed by atoms with Gasteiger partial charge in [-0.2, -0.15) is 0 Å². The van der Waals surface area contributed by atoms with Gasteiger partial charge in [-0.1, -0.05) is 50.0 Å². The first-order valence-electron chi connectivity index (χ1n) is 8.12. The van der Waals surface area contributed by atoms with E-state index in [0.29, 0.717) is 6.61 Å². The van der Waals surface area contributed by atoms with Crippen LogP contribution in [0.4, 0.5) is 0 Å². The van der Waals surface area contributed by atoms with Gasteiger partial charge in [0.25, 0.3) is 0 Å². The number of benzene rings is 1. The summed E-state index contributed by atoms with van der Waals surface area (Å²) in [5, 5.41) is 2.71. The highest BCUT2D eigenvalue weighted by Gasteiger charge is 2.24. The lowest BCUT2D eigenvalue weighted by molar-refractivity contribution is 0.124. The fourth-order valence-electron chi connectivity index (χ4n) is 2.94. The van der Waals surface area contributed by atoms with E-state index in [1.165, 1.54) is 21.8 Å². The summed E-state index contributed by atoms with van der Waals surface area (Å²) < 4.78 is 5.90. The van der Waals surface area contributed by atoms with Crippen LogP contribution in [-0.2, 0) is 17.8 Å². The Bertz CT molecular complexity index is 775. The molecule has 0 saturated carbocycles. The van der Waals surface area contributed by atoms with Crippen LogP contribution < -0.4 is 5.32 Å². The number of nitrogens with zero attached hydrogens (tertiary/aromatic N) is 1. The van der Waals surface area contributed by atoms with Gasteiger partial charge < -0.3 is 9.72 Å². The maximum absolute atomic E-state index is 5.90. The van der Waals surface area contributed by atoms with Crippen molar-refractivity contribution in [3.05, 3.63) is 59.9 Å². The smallest absolute Gasteiger partial charge is 0.0985 e. The number of rotatable bonds is 6. The van der Waals surface area contributed by atoms with Crippen LogP contribution in [0.2, 0.25) is 19.6 Å². The molecule has 0 atom stereocenters. The third kappa shape index (κ3) is 3.71. The van der Waals surface area contributed by atoms with E-state index in [1.807, 2.05) is 18.5 Å². The molecule has 0 fully saturated rings. The largest absolute Gasteiger partial charge is 0.376 e. The minimum Gasteiger partial charge on any atom is -0.376 e. The Hall–Kier alpha value is -1.91. The monoisotopic (exact) mass is 324 g/mol. The molecule has 1 N–H and O–H groups in total. The van der Waals surface area contributed by atoms with Gasteiger partial charge in [0.2, 0.25) is 0 Å². The summed E-state index contributed by atoms with van der Waals surface area (Å²) in [6, 6.07) is 12.4. The van der Waals surface area contributed by atoms with Crippen LogP contribution in [0.25, 0.3) is 10.9 Å². The van der Waals surface area contributed by atoms with Crippen LogP contribution in [-0.4, -0.2) is 24.6 Å². The standard InChI is InChI=1S/C19H24N2OSi/c1-23(2,3)19-17(16-9-11-20-13-18(16)21-19)10-12-22-14-15-7-5-4-6-8-15/h4-9,11,13,21H,10,12,14H2,1-3H3. The Morgan fingerprint density at radius 2 is 1.87 bits per heavy atom. The Morgan fingerprint density at radius 1 is 1.09 bits per heavy atom. The SMILES string of the molecule is C[Si](C)(C)c1[nH]c2cnccc2c1CCOCc1ccccc1. The maximum atomic E-state index is 5.90. The molecule has 2 aromatic heterocycles.